The van der Waals surface area contributed by atoms with Gasteiger partial charge in [-0.3, -0.25) is 4.79 Å². The summed E-state index contributed by atoms with van der Waals surface area (Å²) >= 11 is 5.26. The fraction of sp³-hybridized carbons (Fsp3) is 0.389. The molecule has 0 aliphatic carbocycles. The molecule has 2 N–H and O–H groups in total. The van der Waals surface area contributed by atoms with E-state index < -0.39 is 12.0 Å². The van der Waals surface area contributed by atoms with Gasteiger partial charge in [-0.2, -0.15) is 0 Å². The first-order valence-corrected chi connectivity index (χ1v) is 8.60. The zero-order chi connectivity index (χ0) is 18.6. The summed E-state index contributed by atoms with van der Waals surface area (Å²) in [5.74, 6) is -0.538. The fourth-order valence-electron chi connectivity index (χ4n) is 2.94. The van der Waals surface area contributed by atoms with Gasteiger partial charge < -0.3 is 20.3 Å². The van der Waals surface area contributed by atoms with Crippen LogP contribution in [0.4, 0.5) is 0 Å². The van der Waals surface area contributed by atoms with Crippen molar-refractivity contribution in [1.82, 2.24) is 15.5 Å². The number of rotatable bonds is 5. The van der Waals surface area contributed by atoms with Crippen LogP contribution in [0.15, 0.2) is 35.5 Å². The zero-order valence-corrected chi connectivity index (χ0v) is 15.7. The molecule has 0 radical (unpaired) electrons. The SMILES string of the molecule is CCN(CC)C(=O)C1=C(C)NC(=S)N[C@H]1c1ccccc1C(=O)OC. The molecule has 0 aromatic heterocycles. The quantitative estimate of drug-likeness (QED) is 0.618. The van der Waals surface area contributed by atoms with Gasteiger partial charge in [0.2, 0.25) is 0 Å². The zero-order valence-electron chi connectivity index (χ0n) is 14.9. The standard InChI is InChI=1S/C18H23N3O3S/c1-5-21(6-2)16(22)14-11(3)19-18(25)20-15(14)12-9-7-8-10-13(12)17(23)24-4/h7-10,15H,5-6H2,1-4H3,(H2,19,20,25)/t15-/m0/s1. The van der Waals surface area contributed by atoms with Crippen molar-refractivity contribution in [2.75, 3.05) is 20.2 Å². The van der Waals surface area contributed by atoms with Gasteiger partial charge in [0.05, 0.1) is 24.3 Å². The molecule has 0 fully saturated rings. The lowest BCUT2D eigenvalue weighted by Gasteiger charge is -2.33. The summed E-state index contributed by atoms with van der Waals surface area (Å²) in [4.78, 5) is 26.9. The summed E-state index contributed by atoms with van der Waals surface area (Å²) in [5.41, 5.74) is 2.30. The number of nitrogens with one attached hydrogen (secondary N) is 2. The van der Waals surface area contributed by atoms with Gasteiger partial charge in [-0.15, -0.1) is 0 Å². The third-order valence-corrected chi connectivity index (χ3v) is 4.45. The number of nitrogens with zero attached hydrogens (tertiary/aromatic N) is 1. The van der Waals surface area contributed by atoms with Crippen LogP contribution in [-0.4, -0.2) is 42.1 Å². The molecule has 134 valence electrons. The average molecular weight is 361 g/mol. The molecule has 1 amide bonds. The van der Waals surface area contributed by atoms with Gasteiger partial charge in [-0.05, 0) is 44.6 Å². The molecule has 1 aromatic rings. The predicted molar refractivity (Wildman–Crippen MR) is 100 cm³/mol. The number of hydrogen-bond donors (Lipinski definition) is 2. The van der Waals surface area contributed by atoms with Crippen molar-refractivity contribution in [1.29, 1.82) is 0 Å². The fourth-order valence-corrected chi connectivity index (χ4v) is 3.21. The second kappa shape index (κ2) is 8.11. The molecule has 2 rings (SSSR count). The summed E-state index contributed by atoms with van der Waals surface area (Å²) in [6, 6.07) is 6.56. The Hall–Kier alpha value is -2.41. The van der Waals surface area contributed by atoms with Gasteiger partial charge in [0.15, 0.2) is 5.11 Å². The van der Waals surface area contributed by atoms with Crippen molar-refractivity contribution in [3.8, 4) is 0 Å². The highest BCUT2D eigenvalue weighted by atomic mass is 32.1. The Morgan fingerprint density at radius 1 is 1.24 bits per heavy atom. The molecule has 0 spiro atoms. The Balaban J connectivity index is 2.58. The van der Waals surface area contributed by atoms with Crippen molar-refractivity contribution in [2.45, 2.75) is 26.8 Å². The number of methoxy groups -OCH3 is 1. The minimum atomic E-state index is -0.517. The highest BCUT2D eigenvalue weighted by Gasteiger charge is 2.33. The Kier molecular flexibility index (Phi) is 6.14. The summed E-state index contributed by atoms with van der Waals surface area (Å²) in [7, 11) is 1.34. The largest absolute Gasteiger partial charge is 0.465 e. The number of allylic oxidation sites excluding steroid dienone is 1. The maximum Gasteiger partial charge on any atom is 0.338 e. The van der Waals surface area contributed by atoms with Crippen molar-refractivity contribution in [3.63, 3.8) is 0 Å². The normalized spacial score (nSPS) is 16.8. The number of ether oxygens (including phenoxy) is 1. The molecule has 0 unspecified atom stereocenters. The van der Waals surface area contributed by atoms with E-state index in [4.69, 9.17) is 17.0 Å². The number of benzene rings is 1. The van der Waals surface area contributed by atoms with E-state index in [-0.39, 0.29) is 5.91 Å². The predicted octanol–water partition coefficient (Wildman–Crippen LogP) is 2.13. The van der Waals surface area contributed by atoms with E-state index in [2.05, 4.69) is 10.6 Å². The second-order valence-corrected chi connectivity index (χ2v) is 6.03. The highest BCUT2D eigenvalue weighted by Crippen LogP contribution is 2.30. The Morgan fingerprint density at radius 3 is 2.48 bits per heavy atom. The number of carbonyl (C=O) groups is 2. The van der Waals surface area contributed by atoms with Crippen LogP contribution in [0.2, 0.25) is 0 Å². The van der Waals surface area contributed by atoms with Gasteiger partial charge in [0, 0.05) is 18.8 Å². The van der Waals surface area contributed by atoms with Crippen LogP contribution in [0.5, 0.6) is 0 Å². The maximum atomic E-state index is 13.0. The number of esters is 1. The summed E-state index contributed by atoms with van der Waals surface area (Å²) in [6.45, 7) is 6.88. The molecule has 0 bridgehead atoms. The van der Waals surface area contributed by atoms with Crippen LogP contribution in [0.25, 0.3) is 0 Å². The van der Waals surface area contributed by atoms with Crippen molar-refractivity contribution in [2.24, 2.45) is 0 Å². The first kappa shape index (κ1) is 18.9. The average Bonchev–Trinajstić information content (AvgIpc) is 2.61. The topological polar surface area (TPSA) is 70.7 Å². The van der Waals surface area contributed by atoms with E-state index in [9.17, 15) is 9.59 Å². The third-order valence-electron chi connectivity index (χ3n) is 4.23. The van der Waals surface area contributed by atoms with Gasteiger partial charge in [-0.25, -0.2) is 4.79 Å². The molecule has 25 heavy (non-hydrogen) atoms. The van der Waals surface area contributed by atoms with Crippen LogP contribution in [-0.2, 0) is 9.53 Å². The lowest BCUT2D eigenvalue weighted by molar-refractivity contribution is -0.127. The molecule has 1 aliphatic heterocycles. The van der Waals surface area contributed by atoms with E-state index >= 15 is 0 Å². The Labute approximate surface area is 153 Å². The minimum Gasteiger partial charge on any atom is -0.465 e. The lowest BCUT2D eigenvalue weighted by Crippen LogP contribution is -2.48. The van der Waals surface area contributed by atoms with Crippen LogP contribution in [0.1, 0.15) is 42.7 Å². The van der Waals surface area contributed by atoms with Gasteiger partial charge >= 0.3 is 5.97 Å². The molecule has 6 nitrogen and oxygen atoms in total. The minimum absolute atomic E-state index is 0.0883. The molecule has 1 aliphatic rings. The van der Waals surface area contributed by atoms with Crippen LogP contribution < -0.4 is 10.6 Å². The molecular formula is C18H23N3O3S. The van der Waals surface area contributed by atoms with E-state index in [0.717, 1.165) is 0 Å². The lowest BCUT2D eigenvalue weighted by atomic mass is 9.91. The Morgan fingerprint density at radius 2 is 1.88 bits per heavy atom. The number of likely N-dealkylation sites (N-methyl/N-ethyl adjacent to an activating group) is 1. The smallest absolute Gasteiger partial charge is 0.338 e. The molecule has 7 heteroatoms. The maximum absolute atomic E-state index is 13.0. The molecule has 0 saturated carbocycles. The van der Waals surface area contributed by atoms with Gasteiger partial charge in [0.25, 0.3) is 5.91 Å². The monoisotopic (exact) mass is 361 g/mol. The second-order valence-electron chi connectivity index (χ2n) is 5.63. The molecule has 0 saturated heterocycles. The first-order chi connectivity index (χ1) is 11.9. The molecular weight excluding hydrogens is 338 g/mol. The van der Waals surface area contributed by atoms with E-state index in [1.54, 1.807) is 23.1 Å². The molecule has 1 atom stereocenters. The highest BCUT2D eigenvalue weighted by molar-refractivity contribution is 7.80. The number of amides is 1. The van der Waals surface area contributed by atoms with E-state index in [1.165, 1.54) is 7.11 Å². The van der Waals surface area contributed by atoms with Gasteiger partial charge in [-0.1, -0.05) is 18.2 Å². The van der Waals surface area contributed by atoms with Crippen molar-refractivity contribution >= 4 is 29.2 Å². The number of carbonyl (C=O) groups excluding carboxylic acids is 2. The van der Waals surface area contributed by atoms with Crippen LogP contribution in [0.3, 0.4) is 0 Å². The summed E-state index contributed by atoms with van der Waals surface area (Å²) < 4.78 is 4.88. The van der Waals surface area contributed by atoms with Crippen LogP contribution in [0, 0.1) is 0 Å². The molecule has 1 aromatic carbocycles. The summed E-state index contributed by atoms with van der Waals surface area (Å²) in [5, 5.41) is 6.55. The van der Waals surface area contributed by atoms with E-state index in [1.807, 2.05) is 26.8 Å². The number of thiocarbonyl (C=S) groups is 1. The molecule has 1 heterocycles. The number of hydrogen-bond acceptors (Lipinski definition) is 4. The Bertz CT molecular complexity index is 726. The van der Waals surface area contributed by atoms with Crippen molar-refractivity contribution in [3.05, 3.63) is 46.7 Å². The first-order valence-electron chi connectivity index (χ1n) is 8.19. The van der Waals surface area contributed by atoms with E-state index in [0.29, 0.717) is 40.6 Å². The van der Waals surface area contributed by atoms with Crippen LogP contribution >= 0.6 is 12.2 Å². The summed E-state index contributed by atoms with van der Waals surface area (Å²) in [6.07, 6.45) is 0. The third kappa shape index (κ3) is 3.82. The van der Waals surface area contributed by atoms with Crippen molar-refractivity contribution < 1.29 is 14.3 Å². The van der Waals surface area contributed by atoms with Gasteiger partial charge in [0.1, 0.15) is 0 Å².